The quantitative estimate of drug-likeness (QED) is 0.419. The normalized spacial score (nSPS) is 11.2. The smallest absolute Gasteiger partial charge is 0.199 e. The van der Waals surface area contributed by atoms with E-state index in [9.17, 15) is 0 Å². The molecule has 0 atom stereocenters. The maximum atomic E-state index is 5.73. The fraction of sp³-hybridized carbons (Fsp3) is 0.368. The lowest BCUT2D eigenvalue weighted by Gasteiger charge is -2.16. The van der Waals surface area contributed by atoms with Gasteiger partial charge in [0, 0.05) is 13.1 Å². The third-order valence-corrected chi connectivity index (χ3v) is 4.48. The zero-order valence-corrected chi connectivity index (χ0v) is 16.0. The molecule has 2 heterocycles. The highest BCUT2D eigenvalue weighted by Crippen LogP contribution is 2.19. The summed E-state index contributed by atoms with van der Waals surface area (Å²) in [5.41, 5.74) is 0. The number of rotatable bonds is 9. The zero-order chi connectivity index (χ0) is 18.4. The van der Waals surface area contributed by atoms with Crippen molar-refractivity contribution in [3.63, 3.8) is 0 Å². The minimum Gasteiger partial charge on any atom is -0.494 e. The number of benzene rings is 1. The summed E-state index contributed by atoms with van der Waals surface area (Å²) in [6, 6.07) is 13.6. The summed E-state index contributed by atoms with van der Waals surface area (Å²) in [5.74, 6) is 2.40. The Morgan fingerprint density at radius 1 is 1.19 bits per heavy atom. The molecule has 0 amide bonds. The largest absolute Gasteiger partial charge is 0.494 e. The van der Waals surface area contributed by atoms with E-state index in [0.29, 0.717) is 18.0 Å². The van der Waals surface area contributed by atoms with Gasteiger partial charge in [0.05, 0.1) is 19.5 Å². The molecule has 3 rings (SSSR count). The Morgan fingerprint density at radius 2 is 2.00 bits per heavy atom. The molecule has 0 spiro atoms. The number of para-hydroxylation sites is 1. The molecular weight excluding hydrogens is 348 g/mol. The molecule has 0 unspecified atom stereocenters. The molecule has 0 aliphatic heterocycles. The van der Waals surface area contributed by atoms with Gasteiger partial charge in [-0.2, -0.15) is 0 Å². The second-order valence-corrected chi connectivity index (χ2v) is 6.43. The molecular formula is C19H24N4O2S. The van der Waals surface area contributed by atoms with E-state index in [0.717, 1.165) is 36.8 Å². The molecule has 7 heteroatoms. The molecule has 0 bridgehead atoms. The van der Waals surface area contributed by atoms with Crippen molar-refractivity contribution in [3.8, 4) is 17.3 Å². The van der Waals surface area contributed by atoms with Crippen LogP contribution in [-0.2, 0) is 13.2 Å². The number of hydrogen-bond acceptors (Lipinski definition) is 5. The predicted octanol–water partition coefficient (Wildman–Crippen LogP) is 4.05. The van der Waals surface area contributed by atoms with Crippen LogP contribution in [-0.4, -0.2) is 39.4 Å². The van der Waals surface area contributed by atoms with Crippen molar-refractivity contribution < 1.29 is 9.15 Å². The molecule has 3 aromatic rings. The van der Waals surface area contributed by atoms with Gasteiger partial charge in [-0.3, -0.25) is 9.47 Å². The summed E-state index contributed by atoms with van der Waals surface area (Å²) in [7, 11) is 2.06. The monoisotopic (exact) mass is 372 g/mol. The molecule has 0 saturated carbocycles. The van der Waals surface area contributed by atoms with E-state index in [2.05, 4.69) is 24.0 Å². The molecule has 0 N–H and O–H groups in total. The van der Waals surface area contributed by atoms with Crippen LogP contribution < -0.4 is 4.74 Å². The van der Waals surface area contributed by atoms with Gasteiger partial charge in [-0.05, 0) is 56.9 Å². The number of ether oxygens (including phenoxy) is 1. The lowest BCUT2D eigenvalue weighted by atomic mass is 10.3. The van der Waals surface area contributed by atoms with Crippen LogP contribution in [0, 0.1) is 4.77 Å². The fourth-order valence-corrected chi connectivity index (χ4v) is 3.06. The lowest BCUT2D eigenvalue weighted by molar-refractivity contribution is 0.221. The summed E-state index contributed by atoms with van der Waals surface area (Å²) in [4.78, 5) is 2.18. The van der Waals surface area contributed by atoms with E-state index >= 15 is 0 Å². The van der Waals surface area contributed by atoms with Gasteiger partial charge >= 0.3 is 0 Å². The fourth-order valence-electron chi connectivity index (χ4n) is 2.75. The van der Waals surface area contributed by atoms with Crippen molar-refractivity contribution in [3.05, 3.63) is 53.5 Å². The lowest BCUT2D eigenvalue weighted by Crippen LogP contribution is -2.25. The van der Waals surface area contributed by atoms with Gasteiger partial charge in [-0.15, -0.1) is 5.10 Å². The van der Waals surface area contributed by atoms with Crippen LogP contribution >= 0.6 is 12.2 Å². The molecule has 138 valence electrons. The first-order chi connectivity index (χ1) is 12.7. The van der Waals surface area contributed by atoms with Crippen LogP contribution in [0.3, 0.4) is 0 Å². The maximum absolute atomic E-state index is 5.73. The Kier molecular flexibility index (Phi) is 6.25. The predicted molar refractivity (Wildman–Crippen MR) is 104 cm³/mol. The standard InChI is InChI=1S/C19H24N4O2S/c1-3-22-18(17-11-7-13-25-17)20-23(19(22)26)15-21(2)12-8-14-24-16-9-5-4-6-10-16/h4-7,9-11,13H,3,8,12,14-15H2,1-2H3. The van der Waals surface area contributed by atoms with E-state index in [4.69, 9.17) is 21.4 Å². The Balaban J connectivity index is 1.56. The van der Waals surface area contributed by atoms with Crippen molar-refractivity contribution in [2.45, 2.75) is 26.6 Å². The van der Waals surface area contributed by atoms with Crippen LogP contribution in [0.25, 0.3) is 11.6 Å². The Morgan fingerprint density at radius 3 is 2.69 bits per heavy atom. The first-order valence-corrected chi connectivity index (χ1v) is 9.17. The summed E-state index contributed by atoms with van der Waals surface area (Å²) in [6.45, 7) is 5.01. The average molecular weight is 372 g/mol. The van der Waals surface area contributed by atoms with Crippen LogP contribution in [0.15, 0.2) is 53.1 Å². The van der Waals surface area contributed by atoms with Gasteiger partial charge < -0.3 is 9.15 Å². The van der Waals surface area contributed by atoms with Crippen molar-refractivity contribution in [1.82, 2.24) is 19.2 Å². The third kappa shape index (κ3) is 4.42. The third-order valence-electron chi connectivity index (χ3n) is 4.05. The molecule has 1 aromatic carbocycles. The molecule has 26 heavy (non-hydrogen) atoms. The minimum atomic E-state index is 0.630. The molecule has 0 aliphatic rings. The molecule has 0 saturated heterocycles. The van der Waals surface area contributed by atoms with Crippen molar-refractivity contribution >= 4 is 12.2 Å². The van der Waals surface area contributed by atoms with Gasteiger partial charge in [-0.1, -0.05) is 18.2 Å². The summed E-state index contributed by atoms with van der Waals surface area (Å²) in [5, 5.41) is 4.65. The van der Waals surface area contributed by atoms with Crippen LogP contribution in [0.4, 0.5) is 0 Å². The zero-order valence-electron chi connectivity index (χ0n) is 15.2. The molecule has 0 radical (unpaired) electrons. The molecule has 6 nitrogen and oxygen atoms in total. The van der Waals surface area contributed by atoms with Gasteiger partial charge in [0.15, 0.2) is 16.4 Å². The molecule has 0 aliphatic carbocycles. The topological polar surface area (TPSA) is 48.4 Å². The van der Waals surface area contributed by atoms with Gasteiger partial charge in [-0.25, -0.2) is 4.68 Å². The maximum Gasteiger partial charge on any atom is 0.199 e. The van der Waals surface area contributed by atoms with E-state index in [1.54, 1.807) is 6.26 Å². The van der Waals surface area contributed by atoms with Gasteiger partial charge in [0.25, 0.3) is 0 Å². The van der Waals surface area contributed by atoms with Crippen LogP contribution in [0.1, 0.15) is 13.3 Å². The van der Waals surface area contributed by atoms with Crippen molar-refractivity contribution in [2.24, 2.45) is 0 Å². The number of aromatic nitrogens is 3. The van der Waals surface area contributed by atoms with Crippen molar-refractivity contribution in [1.29, 1.82) is 0 Å². The van der Waals surface area contributed by atoms with E-state index in [1.807, 2.05) is 51.7 Å². The summed E-state index contributed by atoms with van der Waals surface area (Å²) in [6.07, 6.45) is 2.58. The van der Waals surface area contributed by atoms with E-state index in [-0.39, 0.29) is 0 Å². The Bertz CT molecular complexity index is 856. The molecule has 2 aromatic heterocycles. The number of furan rings is 1. The van der Waals surface area contributed by atoms with E-state index < -0.39 is 0 Å². The second-order valence-electron chi connectivity index (χ2n) is 6.06. The highest BCUT2D eigenvalue weighted by Gasteiger charge is 2.14. The second kappa shape index (κ2) is 8.82. The van der Waals surface area contributed by atoms with Crippen LogP contribution in [0.2, 0.25) is 0 Å². The minimum absolute atomic E-state index is 0.630. The highest BCUT2D eigenvalue weighted by molar-refractivity contribution is 7.71. The Labute approximate surface area is 158 Å². The van der Waals surface area contributed by atoms with Gasteiger partial charge in [0.2, 0.25) is 0 Å². The average Bonchev–Trinajstić information content (AvgIpc) is 3.28. The number of hydrogen-bond donors (Lipinski definition) is 0. The van der Waals surface area contributed by atoms with Gasteiger partial charge in [0.1, 0.15) is 5.75 Å². The number of nitrogens with zero attached hydrogens (tertiary/aromatic N) is 4. The van der Waals surface area contributed by atoms with E-state index in [1.165, 1.54) is 0 Å². The van der Waals surface area contributed by atoms with Crippen molar-refractivity contribution in [2.75, 3.05) is 20.2 Å². The van der Waals surface area contributed by atoms with Crippen LogP contribution in [0.5, 0.6) is 5.75 Å². The summed E-state index contributed by atoms with van der Waals surface area (Å²) < 4.78 is 15.7. The molecule has 0 fully saturated rings. The first-order valence-electron chi connectivity index (χ1n) is 8.77. The SMILES string of the molecule is CCn1c(-c2ccco2)nn(CN(C)CCCOc2ccccc2)c1=S. The highest BCUT2D eigenvalue weighted by atomic mass is 32.1. The Hall–Kier alpha value is -2.38. The summed E-state index contributed by atoms with van der Waals surface area (Å²) >= 11 is 5.57. The first kappa shape index (κ1) is 18.4.